The molecule has 1 saturated heterocycles. The highest BCUT2D eigenvalue weighted by molar-refractivity contribution is 5.93. The van der Waals surface area contributed by atoms with Gasteiger partial charge < -0.3 is 10.6 Å². The van der Waals surface area contributed by atoms with Crippen LogP contribution in [0.25, 0.3) is 5.69 Å². The smallest absolute Gasteiger partial charge is 0.350 e. The fraction of sp³-hybridized carbons (Fsp3) is 0.357. The Hall–Kier alpha value is -2.49. The molecule has 3 rings (SSSR count). The van der Waals surface area contributed by atoms with Gasteiger partial charge >= 0.3 is 6.18 Å². The minimum Gasteiger partial charge on any atom is -0.350 e. The van der Waals surface area contributed by atoms with E-state index in [9.17, 15) is 22.4 Å². The number of nitrogens with one attached hydrogen (secondary N) is 2. The lowest BCUT2D eigenvalue weighted by atomic mass is 10.0. The second kappa shape index (κ2) is 6.19. The Bertz CT molecular complexity index is 754. The van der Waals surface area contributed by atoms with Gasteiger partial charge in [-0.3, -0.25) is 4.79 Å². The van der Waals surface area contributed by atoms with Gasteiger partial charge in [-0.05, 0) is 12.1 Å². The highest BCUT2D eigenvalue weighted by Gasteiger charge is 2.42. The molecule has 0 unspecified atom stereocenters. The zero-order valence-electron chi connectivity index (χ0n) is 12.3. The first-order valence-electron chi connectivity index (χ1n) is 7.14. The third-order valence-electron chi connectivity index (χ3n) is 3.65. The summed E-state index contributed by atoms with van der Waals surface area (Å²) in [5.41, 5.74) is -2.71. The van der Waals surface area contributed by atoms with Crippen molar-refractivity contribution in [1.29, 1.82) is 0 Å². The summed E-state index contributed by atoms with van der Waals surface area (Å²) >= 11 is 0. The molecule has 0 bridgehead atoms. The molecule has 10 heteroatoms. The number of carbonyl (C=O) groups excluding carboxylic acids is 1. The maximum absolute atomic E-state index is 13.8. The minimum absolute atomic E-state index is 0.171. The van der Waals surface area contributed by atoms with Crippen molar-refractivity contribution in [3.8, 4) is 5.69 Å². The van der Waals surface area contributed by atoms with Crippen LogP contribution in [0.2, 0.25) is 0 Å². The molecule has 24 heavy (non-hydrogen) atoms. The highest BCUT2D eigenvalue weighted by Crippen LogP contribution is 2.33. The lowest BCUT2D eigenvalue weighted by molar-refractivity contribution is -0.143. The van der Waals surface area contributed by atoms with E-state index < -0.39 is 35.0 Å². The molecule has 1 aromatic carbocycles. The lowest BCUT2D eigenvalue weighted by Crippen LogP contribution is -2.48. The number of benzene rings is 1. The summed E-state index contributed by atoms with van der Waals surface area (Å²) in [5, 5.41) is 12.0. The Morgan fingerprint density at radius 3 is 2.62 bits per heavy atom. The van der Waals surface area contributed by atoms with Crippen molar-refractivity contribution in [1.82, 2.24) is 25.6 Å². The van der Waals surface area contributed by atoms with Crippen LogP contribution in [0.4, 0.5) is 17.6 Å². The summed E-state index contributed by atoms with van der Waals surface area (Å²) in [4.78, 5) is 12.0. The van der Waals surface area contributed by atoms with Crippen LogP contribution in [-0.2, 0) is 6.18 Å². The SMILES string of the molecule is O=C(NCC1CNC1)c1nnn(-c2ccccc2F)c1C(F)(F)F. The van der Waals surface area contributed by atoms with E-state index in [1.165, 1.54) is 12.1 Å². The molecule has 0 saturated carbocycles. The van der Waals surface area contributed by atoms with Gasteiger partial charge in [0.2, 0.25) is 0 Å². The van der Waals surface area contributed by atoms with Crippen molar-refractivity contribution in [2.75, 3.05) is 19.6 Å². The van der Waals surface area contributed by atoms with Crippen LogP contribution >= 0.6 is 0 Å². The molecule has 0 radical (unpaired) electrons. The van der Waals surface area contributed by atoms with E-state index in [1.807, 2.05) is 0 Å². The van der Waals surface area contributed by atoms with E-state index >= 15 is 0 Å². The normalized spacial score (nSPS) is 15.2. The molecule has 0 atom stereocenters. The van der Waals surface area contributed by atoms with Crippen LogP contribution in [0.5, 0.6) is 0 Å². The number of hydrogen-bond acceptors (Lipinski definition) is 4. The van der Waals surface area contributed by atoms with Gasteiger partial charge in [-0.1, -0.05) is 17.3 Å². The first-order chi connectivity index (χ1) is 11.4. The molecule has 1 aromatic heterocycles. The maximum Gasteiger partial charge on any atom is 0.435 e. The number of nitrogens with zero attached hydrogens (tertiary/aromatic N) is 3. The number of para-hydroxylation sites is 1. The number of hydrogen-bond donors (Lipinski definition) is 2. The standard InChI is InChI=1S/C14H13F4N5O/c15-9-3-1-2-4-10(9)23-12(14(16,17)18)11(21-22-23)13(24)20-7-8-5-19-6-8/h1-4,8,19H,5-7H2,(H,20,24). The van der Waals surface area contributed by atoms with Gasteiger partial charge in [-0.15, -0.1) is 5.10 Å². The Kier molecular flexibility index (Phi) is 4.22. The lowest BCUT2D eigenvalue weighted by Gasteiger charge is -2.26. The van der Waals surface area contributed by atoms with Gasteiger partial charge in [0, 0.05) is 25.6 Å². The summed E-state index contributed by atoms with van der Waals surface area (Å²) in [6.07, 6.45) is -4.92. The van der Waals surface area contributed by atoms with E-state index in [-0.39, 0.29) is 12.5 Å². The van der Waals surface area contributed by atoms with E-state index in [2.05, 4.69) is 20.9 Å². The summed E-state index contributed by atoms with van der Waals surface area (Å²) < 4.78 is 54.2. The van der Waals surface area contributed by atoms with E-state index in [4.69, 9.17) is 0 Å². The Labute approximate surface area is 133 Å². The average Bonchev–Trinajstić information content (AvgIpc) is 2.90. The van der Waals surface area contributed by atoms with Crippen LogP contribution in [-0.4, -0.2) is 40.5 Å². The van der Waals surface area contributed by atoms with E-state index in [0.29, 0.717) is 17.8 Å². The predicted molar refractivity (Wildman–Crippen MR) is 75.0 cm³/mol. The van der Waals surface area contributed by atoms with Crippen molar-refractivity contribution in [2.45, 2.75) is 6.18 Å². The van der Waals surface area contributed by atoms with Gasteiger partial charge in [-0.25, -0.2) is 9.07 Å². The molecule has 128 valence electrons. The van der Waals surface area contributed by atoms with Crippen molar-refractivity contribution in [3.63, 3.8) is 0 Å². The zero-order chi connectivity index (χ0) is 17.3. The van der Waals surface area contributed by atoms with Crippen molar-refractivity contribution >= 4 is 5.91 Å². The monoisotopic (exact) mass is 343 g/mol. The zero-order valence-corrected chi connectivity index (χ0v) is 12.3. The van der Waals surface area contributed by atoms with Crippen LogP contribution < -0.4 is 10.6 Å². The molecule has 2 heterocycles. The molecule has 1 aliphatic heterocycles. The van der Waals surface area contributed by atoms with Crippen LogP contribution in [0.15, 0.2) is 24.3 Å². The maximum atomic E-state index is 13.8. The molecular formula is C14H13F4N5O. The van der Waals surface area contributed by atoms with Gasteiger partial charge in [0.25, 0.3) is 5.91 Å². The van der Waals surface area contributed by atoms with Gasteiger partial charge in [-0.2, -0.15) is 13.2 Å². The molecule has 1 fully saturated rings. The quantitative estimate of drug-likeness (QED) is 0.823. The summed E-state index contributed by atoms with van der Waals surface area (Å²) in [6, 6.07) is 4.83. The molecule has 0 aliphatic carbocycles. The molecule has 6 nitrogen and oxygen atoms in total. The average molecular weight is 343 g/mol. The van der Waals surface area contributed by atoms with Gasteiger partial charge in [0.1, 0.15) is 11.5 Å². The fourth-order valence-electron chi connectivity index (χ4n) is 2.29. The molecule has 2 aromatic rings. The van der Waals surface area contributed by atoms with E-state index in [1.54, 1.807) is 0 Å². The van der Waals surface area contributed by atoms with Gasteiger partial charge in [0.05, 0.1) is 0 Å². The van der Waals surface area contributed by atoms with Crippen molar-refractivity contribution < 1.29 is 22.4 Å². The largest absolute Gasteiger partial charge is 0.435 e. The number of carbonyl (C=O) groups is 1. The van der Waals surface area contributed by atoms with Crippen molar-refractivity contribution in [2.24, 2.45) is 5.92 Å². The number of halogens is 4. The first kappa shape index (κ1) is 16.4. The molecular weight excluding hydrogens is 330 g/mol. The summed E-state index contributed by atoms with van der Waals surface area (Å²) in [6.45, 7) is 1.61. The molecule has 2 N–H and O–H groups in total. The van der Waals surface area contributed by atoms with Gasteiger partial charge in [0.15, 0.2) is 11.4 Å². The number of rotatable bonds is 4. The van der Waals surface area contributed by atoms with Crippen molar-refractivity contribution in [3.05, 3.63) is 41.5 Å². The Balaban J connectivity index is 1.95. The predicted octanol–water partition coefficient (Wildman–Crippen LogP) is 1.37. The van der Waals surface area contributed by atoms with E-state index in [0.717, 1.165) is 12.1 Å². The second-order valence-corrected chi connectivity index (χ2v) is 5.38. The summed E-state index contributed by atoms with van der Waals surface area (Å²) in [7, 11) is 0. The van der Waals surface area contributed by atoms with Crippen LogP contribution in [0.3, 0.4) is 0 Å². The third-order valence-corrected chi connectivity index (χ3v) is 3.65. The first-order valence-corrected chi connectivity index (χ1v) is 7.14. The highest BCUT2D eigenvalue weighted by atomic mass is 19.4. The van der Waals surface area contributed by atoms with Crippen LogP contribution in [0, 0.1) is 11.7 Å². The minimum atomic E-state index is -4.92. The molecule has 1 aliphatic rings. The number of amides is 1. The third kappa shape index (κ3) is 3.09. The number of aromatic nitrogens is 3. The summed E-state index contributed by atoms with van der Waals surface area (Å²) in [5.74, 6) is -1.72. The Morgan fingerprint density at radius 1 is 1.33 bits per heavy atom. The second-order valence-electron chi connectivity index (χ2n) is 5.38. The fourth-order valence-corrected chi connectivity index (χ4v) is 2.29. The molecule has 0 spiro atoms. The molecule has 1 amide bonds. The Morgan fingerprint density at radius 2 is 2.04 bits per heavy atom. The number of alkyl halides is 3. The topological polar surface area (TPSA) is 71.8 Å². The van der Waals surface area contributed by atoms with Crippen LogP contribution in [0.1, 0.15) is 16.2 Å².